The van der Waals surface area contributed by atoms with E-state index in [2.05, 4.69) is 34.9 Å². The third-order valence-corrected chi connectivity index (χ3v) is 4.03. The van der Waals surface area contributed by atoms with E-state index < -0.39 is 0 Å². The smallest absolute Gasteiger partial charge is 0.118 e. The average Bonchev–Trinajstić information content (AvgIpc) is 2.51. The number of ether oxygens (including phenoxy) is 1. The van der Waals surface area contributed by atoms with Crippen molar-refractivity contribution < 1.29 is 4.74 Å². The van der Waals surface area contributed by atoms with E-state index in [0.717, 1.165) is 27.0 Å². The van der Waals surface area contributed by atoms with Gasteiger partial charge in [0.1, 0.15) is 10.4 Å². The minimum atomic E-state index is 0.855. The standard InChI is InChI=1S/C17H15NOS/c1-18-16(12-7-9-14(19-2)10-8-12)11-13-5-3-4-6-15(13)17(18)20/h3-11H,1-2H3. The van der Waals surface area contributed by atoms with E-state index in [4.69, 9.17) is 17.0 Å². The topological polar surface area (TPSA) is 14.2 Å². The van der Waals surface area contributed by atoms with Crippen molar-refractivity contribution in [1.82, 2.24) is 4.57 Å². The van der Waals surface area contributed by atoms with Crippen LogP contribution in [0.2, 0.25) is 0 Å². The normalized spacial score (nSPS) is 10.7. The number of nitrogens with zero attached hydrogens (tertiary/aromatic N) is 1. The molecule has 20 heavy (non-hydrogen) atoms. The van der Waals surface area contributed by atoms with Crippen LogP contribution in [-0.2, 0) is 7.05 Å². The molecule has 0 unspecified atom stereocenters. The first kappa shape index (κ1) is 12.9. The number of benzene rings is 2. The van der Waals surface area contributed by atoms with Crippen LogP contribution in [0.15, 0.2) is 54.6 Å². The van der Waals surface area contributed by atoms with E-state index in [-0.39, 0.29) is 0 Å². The Bertz CT molecular complexity index is 819. The molecule has 100 valence electrons. The van der Waals surface area contributed by atoms with Crippen molar-refractivity contribution in [3.05, 3.63) is 59.2 Å². The summed E-state index contributed by atoms with van der Waals surface area (Å²) in [6.07, 6.45) is 0. The average molecular weight is 281 g/mol. The van der Waals surface area contributed by atoms with Crippen LogP contribution in [0, 0.1) is 4.64 Å². The SMILES string of the molecule is COc1ccc(-c2cc3ccccc3c(=S)n2C)cc1. The summed E-state index contributed by atoms with van der Waals surface area (Å²) in [7, 11) is 3.68. The fourth-order valence-corrected chi connectivity index (χ4v) is 2.67. The highest BCUT2D eigenvalue weighted by molar-refractivity contribution is 7.71. The second-order valence-corrected chi connectivity index (χ2v) is 5.10. The molecular weight excluding hydrogens is 266 g/mol. The number of hydrogen-bond donors (Lipinski definition) is 0. The molecule has 0 radical (unpaired) electrons. The highest BCUT2D eigenvalue weighted by atomic mass is 32.1. The summed E-state index contributed by atoms with van der Waals surface area (Å²) in [6.45, 7) is 0. The highest BCUT2D eigenvalue weighted by Crippen LogP contribution is 2.26. The molecule has 0 spiro atoms. The quantitative estimate of drug-likeness (QED) is 0.638. The first-order chi connectivity index (χ1) is 9.70. The molecule has 2 nitrogen and oxygen atoms in total. The van der Waals surface area contributed by atoms with Crippen LogP contribution < -0.4 is 4.74 Å². The van der Waals surface area contributed by atoms with Crippen LogP contribution in [0.3, 0.4) is 0 Å². The van der Waals surface area contributed by atoms with Gasteiger partial charge in [-0.15, -0.1) is 0 Å². The van der Waals surface area contributed by atoms with E-state index in [1.807, 2.05) is 31.3 Å². The Kier molecular flexibility index (Phi) is 3.28. The zero-order valence-electron chi connectivity index (χ0n) is 11.5. The van der Waals surface area contributed by atoms with Gasteiger partial charge < -0.3 is 9.30 Å². The first-order valence-corrected chi connectivity index (χ1v) is 6.85. The summed E-state index contributed by atoms with van der Waals surface area (Å²) in [6, 6.07) is 18.4. The Morgan fingerprint density at radius 2 is 1.70 bits per heavy atom. The molecule has 3 heteroatoms. The predicted octanol–water partition coefficient (Wildman–Crippen LogP) is 4.58. The summed E-state index contributed by atoms with van der Waals surface area (Å²) in [4.78, 5) is 0. The van der Waals surface area contributed by atoms with Crippen molar-refractivity contribution in [2.75, 3.05) is 7.11 Å². The van der Waals surface area contributed by atoms with Crippen LogP contribution in [0.1, 0.15) is 0 Å². The van der Waals surface area contributed by atoms with Gasteiger partial charge in [-0.25, -0.2) is 0 Å². The molecule has 0 atom stereocenters. The maximum Gasteiger partial charge on any atom is 0.118 e. The summed E-state index contributed by atoms with van der Waals surface area (Å²) in [5, 5.41) is 2.28. The zero-order chi connectivity index (χ0) is 14.1. The van der Waals surface area contributed by atoms with Crippen molar-refractivity contribution >= 4 is 23.0 Å². The Morgan fingerprint density at radius 3 is 2.40 bits per heavy atom. The molecule has 0 aliphatic heterocycles. The van der Waals surface area contributed by atoms with Gasteiger partial charge in [0, 0.05) is 18.1 Å². The minimum Gasteiger partial charge on any atom is -0.497 e. The van der Waals surface area contributed by atoms with Crippen molar-refractivity contribution in [3.8, 4) is 17.0 Å². The molecule has 0 N–H and O–H groups in total. The van der Waals surface area contributed by atoms with Crippen molar-refractivity contribution in [3.63, 3.8) is 0 Å². The maximum atomic E-state index is 5.57. The van der Waals surface area contributed by atoms with E-state index in [9.17, 15) is 0 Å². The third-order valence-electron chi connectivity index (χ3n) is 3.54. The Morgan fingerprint density at radius 1 is 1.00 bits per heavy atom. The van der Waals surface area contributed by atoms with Gasteiger partial charge in [-0.3, -0.25) is 0 Å². The first-order valence-electron chi connectivity index (χ1n) is 6.44. The second kappa shape index (κ2) is 5.10. The van der Waals surface area contributed by atoms with Crippen molar-refractivity contribution in [2.45, 2.75) is 0 Å². The lowest BCUT2D eigenvalue weighted by atomic mass is 10.1. The number of pyridine rings is 1. The lowest BCUT2D eigenvalue weighted by Crippen LogP contribution is -1.98. The molecule has 0 aliphatic rings. The molecule has 0 bridgehead atoms. The van der Waals surface area contributed by atoms with E-state index >= 15 is 0 Å². The monoisotopic (exact) mass is 281 g/mol. The van der Waals surface area contributed by atoms with E-state index in [1.54, 1.807) is 7.11 Å². The van der Waals surface area contributed by atoms with Gasteiger partial charge in [-0.2, -0.15) is 0 Å². The fraction of sp³-hybridized carbons (Fsp3) is 0.118. The number of fused-ring (bicyclic) bond motifs is 1. The zero-order valence-corrected chi connectivity index (χ0v) is 12.3. The summed E-state index contributed by atoms with van der Waals surface area (Å²) < 4.78 is 8.11. The number of hydrogen-bond acceptors (Lipinski definition) is 2. The van der Waals surface area contributed by atoms with Gasteiger partial charge in [-0.05, 0) is 41.3 Å². The number of aromatic nitrogens is 1. The van der Waals surface area contributed by atoms with Gasteiger partial charge in [0.05, 0.1) is 7.11 Å². The van der Waals surface area contributed by atoms with Crippen molar-refractivity contribution in [1.29, 1.82) is 0 Å². The summed E-state index contributed by atoms with van der Waals surface area (Å²) in [5.74, 6) is 0.857. The number of rotatable bonds is 2. The Balaban J connectivity index is 2.25. The van der Waals surface area contributed by atoms with E-state index in [1.165, 1.54) is 5.39 Å². The van der Waals surface area contributed by atoms with Gasteiger partial charge in [0.25, 0.3) is 0 Å². The molecule has 0 amide bonds. The van der Waals surface area contributed by atoms with Crippen LogP contribution in [-0.4, -0.2) is 11.7 Å². The van der Waals surface area contributed by atoms with Crippen molar-refractivity contribution in [2.24, 2.45) is 7.05 Å². The van der Waals surface area contributed by atoms with Crippen LogP contribution in [0.25, 0.3) is 22.0 Å². The highest BCUT2D eigenvalue weighted by Gasteiger charge is 2.06. The molecule has 0 fully saturated rings. The molecule has 0 saturated carbocycles. The molecule has 1 heterocycles. The summed E-state index contributed by atoms with van der Waals surface area (Å²) in [5.41, 5.74) is 2.24. The minimum absolute atomic E-state index is 0.855. The third kappa shape index (κ3) is 2.10. The lowest BCUT2D eigenvalue weighted by molar-refractivity contribution is 0.415. The molecular formula is C17H15NOS. The Labute approximate surface area is 123 Å². The van der Waals surface area contributed by atoms with E-state index in [0.29, 0.717) is 0 Å². The predicted molar refractivity (Wildman–Crippen MR) is 85.7 cm³/mol. The van der Waals surface area contributed by atoms with Gasteiger partial charge in [-0.1, -0.05) is 36.5 Å². The second-order valence-electron chi connectivity index (χ2n) is 4.71. The number of methoxy groups -OCH3 is 1. The molecule has 0 saturated heterocycles. The largest absolute Gasteiger partial charge is 0.497 e. The molecule has 3 aromatic rings. The molecule has 1 aromatic heterocycles. The molecule has 0 aliphatic carbocycles. The lowest BCUT2D eigenvalue weighted by Gasteiger charge is -2.12. The molecule has 3 rings (SSSR count). The van der Waals surface area contributed by atoms with Crippen LogP contribution >= 0.6 is 12.2 Å². The Hall–Kier alpha value is -2.13. The summed E-state index contributed by atoms with van der Waals surface area (Å²) >= 11 is 5.57. The maximum absolute atomic E-state index is 5.57. The van der Waals surface area contributed by atoms with Crippen LogP contribution in [0.5, 0.6) is 5.75 Å². The van der Waals surface area contributed by atoms with Gasteiger partial charge in [0.2, 0.25) is 0 Å². The molecule has 2 aromatic carbocycles. The van der Waals surface area contributed by atoms with Gasteiger partial charge >= 0.3 is 0 Å². The fourth-order valence-electron chi connectivity index (χ4n) is 2.39. The van der Waals surface area contributed by atoms with Gasteiger partial charge in [0.15, 0.2) is 0 Å². The van der Waals surface area contributed by atoms with Crippen LogP contribution in [0.4, 0.5) is 0 Å².